The Labute approximate surface area is 234 Å². The second-order valence-corrected chi connectivity index (χ2v) is 10.4. The van der Waals surface area contributed by atoms with E-state index in [1.54, 1.807) is 37.3 Å². The number of amides is 1. The first-order chi connectivity index (χ1) is 19.7. The van der Waals surface area contributed by atoms with Crippen LogP contribution in [0, 0.1) is 17.2 Å². The second-order valence-electron chi connectivity index (χ2n) is 10.4. The number of nitrogens with one attached hydrogen (secondary N) is 2. The van der Waals surface area contributed by atoms with Crippen LogP contribution in [0.3, 0.4) is 0 Å². The molecular formula is C30H26F3N7O. The van der Waals surface area contributed by atoms with Crippen LogP contribution < -0.4 is 10.2 Å². The van der Waals surface area contributed by atoms with Crippen molar-refractivity contribution < 1.29 is 18.0 Å². The molecule has 0 bridgehead atoms. The number of halogens is 3. The van der Waals surface area contributed by atoms with Crippen LogP contribution in [-0.2, 0) is 19.1 Å². The van der Waals surface area contributed by atoms with Crippen molar-refractivity contribution in [3.63, 3.8) is 0 Å². The molecule has 0 saturated heterocycles. The van der Waals surface area contributed by atoms with Crippen molar-refractivity contribution in [2.24, 2.45) is 5.92 Å². The summed E-state index contributed by atoms with van der Waals surface area (Å²) in [5.74, 6) is 1.33. The van der Waals surface area contributed by atoms with E-state index in [4.69, 9.17) is 0 Å². The summed E-state index contributed by atoms with van der Waals surface area (Å²) in [5.41, 5.74) is 1.99. The first-order valence-corrected chi connectivity index (χ1v) is 13.5. The lowest BCUT2D eigenvalue weighted by Crippen LogP contribution is -2.24. The van der Waals surface area contributed by atoms with Gasteiger partial charge in [-0.1, -0.05) is 19.8 Å². The molecule has 2 aromatic heterocycles. The molecule has 11 heteroatoms. The molecule has 1 fully saturated rings. The molecule has 41 heavy (non-hydrogen) atoms. The van der Waals surface area contributed by atoms with Gasteiger partial charge >= 0.3 is 6.18 Å². The van der Waals surface area contributed by atoms with Gasteiger partial charge in [-0.3, -0.25) is 14.8 Å². The number of aromatic amines is 1. The maximum Gasteiger partial charge on any atom is 0.416 e. The van der Waals surface area contributed by atoms with E-state index in [-0.39, 0.29) is 23.5 Å². The zero-order valence-electron chi connectivity index (χ0n) is 22.2. The zero-order valence-corrected chi connectivity index (χ0v) is 22.2. The van der Waals surface area contributed by atoms with Gasteiger partial charge in [0.2, 0.25) is 0 Å². The Morgan fingerprint density at radius 2 is 1.95 bits per heavy atom. The predicted octanol–water partition coefficient (Wildman–Crippen LogP) is 6.36. The number of pyridine rings is 1. The Balaban J connectivity index is 1.46. The van der Waals surface area contributed by atoms with E-state index in [1.165, 1.54) is 24.1 Å². The summed E-state index contributed by atoms with van der Waals surface area (Å²) in [6.45, 7) is 2.17. The Morgan fingerprint density at radius 3 is 2.63 bits per heavy atom. The molecule has 1 amide bonds. The van der Waals surface area contributed by atoms with Gasteiger partial charge in [-0.15, -0.1) is 0 Å². The van der Waals surface area contributed by atoms with Gasteiger partial charge in [0, 0.05) is 17.7 Å². The average molecular weight is 558 g/mol. The van der Waals surface area contributed by atoms with Crippen LogP contribution in [0.2, 0.25) is 0 Å². The molecule has 1 aliphatic carbocycles. The summed E-state index contributed by atoms with van der Waals surface area (Å²) >= 11 is 0. The number of alkyl halides is 3. The molecular weight excluding hydrogens is 531 g/mol. The Hall–Kier alpha value is -4.72. The van der Waals surface area contributed by atoms with E-state index in [0.29, 0.717) is 58.3 Å². The SMILES string of the molecule is CCc1cc2c(c(C(F)(F)F)c1)CN(c1cc(-c3cc(C#N)ccc3-c3ncn[nH]3)cc(NCCC3CC3)n1)C2=O. The van der Waals surface area contributed by atoms with E-state index >= 15 is 0 Å². The minimum Gasteiger partial charge on any atom is -0.370 e. The number of H-pyrrole nitrogens is 1. The highest BCUT2D eigenvalue weighted by Crippen LogP contribution is 2.41. The summed E-state index contributed by atoms with van der Waals surface area (Å²) in [4.78, 5) is 23.8. The van der Waals surface area contributed by atoms with Gasteiger partial charge in [0.1, 0.15) is 18.0 Å². The molecule has 1 aliphatic heterocycles. The lowest BCUT2D eigenvalue weighted by Gasteiger charge is -2.19. The van der Waals surface area contributed by atoms with Crippen LogP contribution >= 0.6 is 0 Å². The molecule has 0 unspecified atom stereocenters. The third-order valence-corrected chi connectivity index (χ3v) is 7.59. The maximum absolute atomic E-state index is 14.0. The summed E-state index contributed by atoms with van der Waals surface area (Å²) in [7, 11) is 0. The molecule has 3 heterocycles. The smallest absolute Gasteiger partial charge is 0.370 e. The lowest BCUT2D eigenvalue weighted by molar-refractivity contribution is -0.138. The fourth-order valence-corrected chi connectivity index (χ4v) is 5.22. The van der Waals surface area contributed by atoms with Crippen LogP contribution in [0.5, 0.6) is 0 Å². The molecule has 6 rings (SSSR count). The van der Waals surface area contributed by atoms with Crippen molar-refractivity contribution in [3.05, 3.63) is 76.6 Å². The van der Waals surface area contributed by atoms with E-state index in [9.17, 15) is 23.2 Å². The minimum absolute atomic E-state index is 0.0425. The van der Waals surface area contributed by atoms with E-state index in [2.05, 4.69) is 31.6 Å². The molecule has 2 N–H and O–H groups in total. The van der Waals surface area contributed by atoms with Gasteiger partial charge in [-0.2, -0.15) is 23.5 Å². The number of benzene rings is 2. The van der Waals surface area contributed by atoms with Gasteiger partial charge in [0.15, 0.2) is 5.82 Å². The van der Waals surface area contributed by atoms with Gasteiger partial charge in [-0.05, 0) is 83.5 Å². The first-order valence-electron chi connectivity index (χ1n) is 13.5. The fourth-order valence-electron chi connectivity index (χ4n) is 5.22. The molecule has 2 aliphatic rings. The number of hydrogen-bond acceptors (Lipinski definition) is 6. The summed E-state index contributed by atoms with van der Waals surface area (Å²) < 4.78 is 42.1. The van der Waals surface area contributed by atoms with Gasteiger partial charge in [-0.25, -0.2) is 9.97 Å². The minimum atomic E-state index is -4.60. The molecule has 208 valence electrons. The Bertz CT molecular complexity index is 1670. The summed E-state index contributed by atoms with van der Waals surface area (Å²) in [6, 6.07) is 13.4. The highest BCUT2D eigenvalue weighted by atomic mass is 19.4. The lowest BCUT2D eigenvalue weighted by atomic mass is 9.97. The highest BCUT2D eigenvalue weighted by Gasteiger charge is 2.41. The number of carbonyl (C=O) groups excluding carboxylic acids is 1. The van der Waals surface area contributed by atoms with Gasteiger partial charge in [0.25, 0.3) is 5.91 Å². The molecule has 0 atom stereocenters. The van der Waals surface area contributed by atoms with Crippen LogP contribution in [0.4, 0.5) is 24.8 Å². The molecule has 2 aromatic carbocycles. The molecule has 0 radical (unpaired) electrons. The number of hydrogen-bond donors (Lipinski definition) is 2. The third-order valence-electron chi connectivity index (χ3n) is 7.59. The number of nitriles is 1. The largest absolute Gasteiger partial charge is 0.416 e. The van der Waals surface area contributed by atoms with Crippen molar-refractivity contribution in [2.45, 2.75) is 45.3 Å². The topological polar surface area (TPSA) is 111 Å². The number of rotatable bonds is 8. The maximum atomic E-state index is 14.0. The quantitative estimate of drug-likeness (QED) is 0.261. The van der Waals surface area contributed by atoms with Crippen molar-refractivity contribution in [2.75, 3.05) is 16.8 Å². The molecule has 8 nitrogen and oxygen atoms in total. The number of carbonyl (C=O) groups is 1. The van der Waals surface area contributed by atoms with E-state index in [0.717, 1.165) is 12.5 Å². The van der Waals surface area contributed by atoms with Gasteiger partial charge < -0.3 is 5.32 Å². The van der Waals surface area contributed by atoms with Crippen molar-refractivity contribution >= 4 is 17.5 Å². The average Bonchev–Trinajstić information content (AvgIpc) is 3.50. The predicted molar refractivity (Wildman–Crippen MR) is 147 cm³/mol. The summed E-state index contributed by atoms with van der Waals surface area (Å²) in [5, 5.41) is 19.7. The normalized spacial score (nSPS) is 14.7. The first kappa shape index (κ1) is 26.5. The van der Waals surface area contributed by atoms with Crippen LogP contribution in [-0.4, -0.2) is 32.6 Å². The molecule has 0 spiro atoms. The third kappa shape index (κ3) is 5.25. The number of nitrogens with zero attached hydrogens (tertiary/aromatic N) is 5. The molecule has 4 aromatic rings. The van der Waals surface area contributed by atoms with Crippen LogP contribution in [0.15, 0.2) is 48.8 Å². The zero-order chi connectivity index (χ0) is 28.7. The highest BCUT2D eigenvalue weighted by molar-refractivity contribution is 6.10. The van der Waals surface area contributed by atoms with Crippen molar-refractivity contribution in [1.82, 2.24) is 20.2 Å². The summed E-state index contributed by atoms with van der Waals surface area (Å²) in [6.07, 6.45) is 0.514. The van der Waals surface area contributed by atoms with E-state index in [1.807, 2.05) is 6.07 Å². The Kier molecular flexibility index (Phi) is 6.69. The monoisotopic (exact) mass is 557 g/mol. The van der Waals surface area contributed by atoms with Gasteiger partial charge in [0.05, 0.1) is 23.7 Å². The second kappa shape index (κ2) is 10.4. The number of anilines is 2. The van der Waals surface area contributed by atoms with Crippen LogP contribution in [0.1, 0.15) is 58.8 Å². The number of aryl methyl sites for hydroxylation is 1. The van der Waals surface area contributed by atoms with Crippen LogP contribution in [0.25, 0.3) is 22.5 Å². The fraction of sp³-hybridized carbons (Fsp3) is 0.300. The van der Waals surface area contributed by atoms with E-state index < -0.39 is 17.6 Å². The van der Waals surface area contributed by atoms with Crippen molar-refractivity contribution in [3.8, 4) is 28.6 Å². The standard InChI is InChI=1S/C30H26F3N7O/c1-2-17-9-23-24(25(11-17)30(31,32)33)15-40(29(23)41)27-13-20(12-26(38-27)35-8-7-18-3-4-18)22-10-19(14-34)5-6-21(22)28-36-16-37-39-28/h5-6,9-13,16,18H,2-4,7-8,15H2,1H3,(H,35,38)(H,36,37,39). The van der Waals surface area contributed by atoms with Crippen molar-refractivity contribution in [1.29, 1.82) is 5.26 Å². The Morgan fingerprint density at radius 1 is 1.12 bits per heavy atom. The number of aromatic nitrogens is 4. The number of fused-ring (bicyclic) bond motifs is 1. The molecule has 1 saturated carbocycles.